The van der Waals surface area contributed by atoms with Crippen molar-refractivity contribution in [1.29, 1.82) is 0 Å². The van der Waals surface area contributed by atoms with Crippen LogP contribution in [0.15, 0.2) is 71.6 Å². The highest BCUT2D eigenvalue weighted by Crippen LogP contribution is 2.28. The maximum absolute atomic E-state index is 14.1. The Bertz CT molecular complexity index is 1190. The number of carbonyl (C=O) groups excluding carboxylic acids is 1. The van der Waals surface area contributed by atoms with Crippen molar-refractivity contribution in [3.05, 3.63) is 88.2 Å². The van der Waals surface area contributed by atoms with Crippen molar-refractivity contribution in [1.82, 2.24) is 0 Å². The average Bonchev–Trinajstić information content (AvgIpc) is 2.72. The molecule has 0 unspecified atom stereocenters. The zero-order chi connectivity index (χ0) is 21.9. The van der Waals surface area contributed by atoms with Gasteiger partial charge in [0.2, 0.25) is 0 Å². The Kier molecular flexibility index (Phi) is 6.65. The van der Waals surface area contributed by atoms with Gasteiger partial charge < -0.3 is 5.32 Å². The van der Waals surface area contributed by atoms with Gasteiger partial charge in [-0.1, -0.05) is 47.5 Å². The highest BCUT2D eigenvalue weighted by Gasteiger charge is 2.25. The molecule has 156 valence electrons. The second-order valence-corrected chi connectivity index (χ2v) is 8.88. The first kappa shape index (κ1) is 22.1. The number of nitrogens with zero attached hydrogens (tertiary/aromatic N) is 1. The van der Waals surface area contributed by atoms with Crippen LogP contribution in [0.2, 0.25) is 10.0 Å². The van der Waals surface area contributed by atoms with Crippen LogP contribution in [0.25, 0.3) is 0 Å². The van der Waals surface area contributed by atoms with E-state index >= 15 is 0 Å². The van der Waals surface area contributed by atoms with E-state index in [1.165, 1.54) is 40.7 Å². The number of anilines is 2. The topological polar surface area (TPSA) is 66.5 Å². The van der Waals surface area contributed by atoms with Gasteiger partial charge in [0, 0.05) is 6.54 Å². The number of halogens is 3. The van der Waals surface area contributed by atoms with Gasteiger partial charge in [-0.05, 0) is 49.4 Å². The Balaban J connectivity index is 1.98. The number of sulfonamides is 1. The van der Waals surface area contributed by atoms with Crippen molar-refractivity contribution < 1.29 is 17.6 Å². The second kappa shape index (κ2) is 9.04. The van der Waals surface area contributed by atoms with Crippen LogP contribution in [0, 0.1) is 5.82 Å². The Morgan fingerprint density at radius 3 is 2.37 bits per heavy atom. The first-order valence-corrected chi connectivity index (χ1v) is 11.1. The van der Waals surface area contributed by atoms with Crippen molar-refractivity contribution in [2.75, 3.05) is 16.2 Å². The fourth-order valence-electron chi connectivity index (χ4n) is 2.84. The van der Waals surface area contributed by atoms with Gasteiger partial charge in [-0.3, -0.25) is 9.10 Å². The van der Waals surface area contributed by atoms with Gasteiger partial charge in [0.25, 0.3) is 15.9 Å². The molecule has 9 heteroatoms. The first-order chi connectivity index (χ1) is 14.3. The van der Waals surface area contributed by atoms with Gasteiger partial charge in [0.05, 0.1) is 31.9 Å². The lowest BCUT2D eigenvalue weighted by Gasteiger charge is -2.23. The van der Waals surface area contributed by atoms with Crippen LogP contribution >= 0.6 is 23.2 Å². The summed E-state index contributed by atoms with van der Waals surface area (Å²) in [4.78, 5) is 12.6. The minimum Gasteiger partial charge on any atom is -0.319 e. The highest BCUT2D eigenvalue weighted by atomic mass is 35.5. The summed E-state index contributed by atoms with van der Waals surface area (Å²) in [6, 6.07) is 16.5. The summed E-state index contributed by atoms with van der Waals surface area (Å²) in [6.45, 7) is 1.89. The molecule has 0 aliphatic heterocycles. The Labute approximate surface area is 184 Å². The van der Waals surface area contributed by atoms with Crippen molar-refractivity contribution >= 4 is 50.5 Å². The van der Waals surface area contributed by atoms with Crippen LogP contribution in [0.1, 0.15) is 17.3 Å². The molecule has 0 saturated heterocycles. The predicted octanol–water partition coefficient (Wildman–Crippen LogP) is 5.60. The van der Waals surface area contributed by atoms with Gasteiger partial charge in [0.1, 0.15) is 0 Å². The number of rotatable bonds is 6. The lowest BCUT2D eigenvalue weighted by molar-refractivity contribution is 0.102. The van der Waals surface area contributed by atoms with Crippen LogP contribution < -0.4 is 9.62 Å². The van der Waals surface area contributed by atoms with Gasteiger partial charge in [-0.25, -0.2) is 12.8 Å². The van der Waals surface area contributed by atoms with E-state index in [1.54, 1.807) is 37.3 Å². The number of para-hydroxylation sites is 1. The first-order valence-electron chi connectivity index (χ1n) is 8.88. The molecule has 0 fully saturated rings. The molecule has 0 radical (unpaired) electrons. The van der Waals surface area contributed by atoms with Crippen molar-refractivity contribution in [2.45, 2.75) is 11.8 Å². The fourth-order valence-corrected chi connectivity index (χ4v) is 4.72. The van der Waals surface area contributed by atoms with Gasteiger partial charge in [-0.15, -0.1) is 0 Å². The zero-order valence-electron chi connectivity index (χ0n) is 15.8. The predicted molar refractivity (Wildman–Crippen MR) is 117 cm³/mol. The van der Waals surface area contributed by atoms with Gasteiger partial charge in [-0.2, -0.15) is 0 Å². The number of nitrogens with one attached hydrogen (secondary N) is 1. The van der Waals surface area contributed by atoms with Crippen molar-refractivity contribution in [2.24, 2.45) is 0 Å². The smallest absolute Gasteiger partial charge is 0.264 e. The number of hydrogen-bond donors (Lipinski definition) is 1. The van der Waals surface area contributed by atoms with E-state index in [-0.39, 0.29) is 32.7 Å². The molecular weight excluding hydrogens is 450 g/mol. The van der Waals surface area contributed by atoms with E-state index in [0.717, 1.165) is 0 Å². The lowest BCUT2D eigenvalue weighted by atomic mass is 10.2. The van der Waals surface area contributed by atoms with E-state index in [9.17, 15) is 17.6 Å². The summed E-state index contributed by atoms with van der Waals surface area (Å²) in [5, 5.41) is 2.24. The maximum Gasteiger partial charge on any atom is 0.264 e. The van der Waals surface area contributed by atoms with Crippen LogP contribution in [0.4, 0.5) is 15.8 Å². The molecule has 30 heavy (non-hydrogen) atoms. The summed E-state index contributed by atoms with van der Waals surface area (Å²) in [6.07, 6.45) is 0. The monoisotopic (exact) mass is 466 g/mol. The van der Waals surface area contributed by atoms with E-state index in [1.807, 2.05) is 0 Å². The van der Waals surface area contributed by atoms with Gasteiger partial charge in [0.15, 0.2) is 5.82 Å². The summed E-state index contributed by atoms with van der Waals surface area (Å²) in [5.41, 5.74) is 0.236. The fraction of sp³-hybridized carbons (Fsp3) is 0.0952. The molecule has 0 aromatic heterocycles. The molecular formula is C21H17Cl2FN2O3S. The number of carbonyl (C=O) groups is 1. The van der Waals surface area contributed by atoms with Crippen molar-refractivity contribution in [3.8, 4) is 0 Å². The third-order valence-corrected chi connectivity index (χ3v) is 6.82. The Morgan fingerprint density at radius 1 is 1.00 bits per heavy atom. The molecule has 3 rings (SSSR count). The Morgan fingerprint density at radius 2 is 1.70 bits per heavy atom. The quantitative estimate of drug-likeness (QED) is 0.513. The summed E-state index contributed by atoms with van der Waals surface area (Å²) in [5.74, 6) is -1.56. The molecule has 1 N–H and O–H groups in total. The second-order valence-electron chi connectivity index (χ2n) is 6.20. The van der Waals surface area contributed by atoms with Crippen LogP contribution in [0.3, 0.4) is 0 Å². The van der Waals surface area contributed by atoms with Gasteiger partial charge >= 0.3 is 0 Å². The molecule has 0 bridgehead atoms. The zero-order valence-corrected chi connectivity index (χ0v) is 18.1. The largest absolute Gasteiger partial charge is 0.319 e. The highest BCUT2D eigenvalue weighted by molar-refractivity contribution is 7.92. The van der Waals surface area contributed by atoms with E-state index in [2.05, 4.69) is 5.32 Å². The molecule has 0 spiro atoms. The minimum atomic E-state index is -3.97. The van der Waals surface area contributed by atoms with Crippen molar-refractivity contribution in [3.63, 3.8) is 0 Å². The Hall–Kier alpha value is -2.61. The molecule has 0 aliphatic carbocycles. The molecule has 0 aliphatic rings. The third-order valence-electron chi connectivity index (χ3n) is 4.30. The maximum atomic E-state index is 14.1. The summed E-state index contributed by atoms with van der Waals surface area (Å²) in [7, 11) is -3.97. The lowest BCUT2D eigenvalue weighted by Crippen LogP contribution is -2.31. The van der Waals surface area contributed by atoms with E-state index < -0.39 is 21.7 Å². The summed E-state index contributed by atoms with van der Waals surface area (Å²) < 4.78 is 41.7. The minimum absolute atomic E-state index is 0.0247. The van der Waals surface area contributed by atoms with Crippen LogP contribution in [-0.4, -0.2) is 20.9 Å². The number of benzene rings is 3. The number of hydrogen-bond acceptors (Lipinski definition) is 3. The third kappa shape index (κ3) is 4.43. The standard InChI is InChI=1S/C21H17Cl2FN2O3S/c1-2-26(14-7-4-3-5-8-14)30(28,29)15-11-12-17(22)16(13-15)21(27)25-19-10-6-9-18(23)20(19)24/h3-13H,2H2,1H3,(H,25,27). The molecule has 1 amide bonds. The molecule has 0 atom stereocenters. The average molecular weight is 467 g/mol. The van der Waals surface area contributed by atoms with E-state index in [0.29, 0.717) is 5.69 Å². The van der Waals surface area contributed by atoms with E-state index in [4.69, 9.17) is 23.2 Å². The summed E-state index contributed by atoms with van der Waals surface area (Å²) >= 11 is 11.9. The molecule has 0 heterocycles. The number of amides is 1. The molecule has 3 aromatic carbocycles. The molecule has 0 saturated carbocycles. The normalized spacial score (nSPS) is 11.2. The SMILES string of the molecule is CCN(c1ccccc1)S(=O)(=O)c1ccc(Cl)c(C(=O)Nc2cccc(Cl)c2F)c1. The van der Waals surface area contributed by atoms with Crippen LogP contribution in [0.5, 0.6) is 0 Å². The molecule has 5 nitrogen and oxygen atoms in total. The van der Waals surface area contributed by atoms with Crippen LogP contribution in [-0.2, 0) is 10.0 Å². The molecule has 3 aromatic rings.